The fraction of sp³-hybridized carbons (Fsp3) is 0.357. The molecule has 0 spiro atoms. The van der Waals surface area contributed by atoms with Gasteiger partial charge in [-0.3, -0.25) is 0 Å². The van der Waals surface area contributed by atoms with Gasteiger partial charge < -0.3 is 10.0 Å². The van der Waals surface area contributed by atoms with Crippen LogP contribution in [-0.4, -0.2) is 29.6 Å². The molecule has 92 valence electrons. The number of aliphatic carboxylic acids is 1. The SMILES string of the molecule is CCCN(C)Cc1ccc(/C=C/C(=O)O)cc1. The highest BCUT2D eigenvalue weighted by molar-refractivity contribution is 5.85. The second-order valence-electron chi connectivity index (χ2n) is 4.15. The number of carboxylic acid groups (broad SMARTS) is 1. The maximum atomic E-state index is 10.4. The summed E-state index contributed by atoms with van der Waals surface area (Å²) < 4.78 is 0. The zero-order valence-corrected chi connectivity index (χ0v) is 10.4. The molecule has 0 saturated carbocycles. The van der Waals surface area contributed by atoms with Gasteiger partial charge in [0.1, 0.15) is 0 Å². The Hall–Kier alpha value is -1.61. The van der Waals surface area contributed by atoms with Gasteiger partial charge in [0, 0.05) is 12.6 Å². The quantitative estimate of drug-likeness (QED) is 0.768. The Morgan fingerprint density at radius 1 is 1.35 bits per heavy atom. The zero-order chi connectivity index (χ0) is 12.7. The molecule has 0 atom stereocenters. The number of carboxylic acids is 1. The van der Waals surface area contributed by atoms with Gasteiger partial charge in [0.25, 0.3) is 0 Å². The monoisotopic (exact) mass is 233 g/mol. The molecular formula is C14H19NO2. The Morgan fingerprint density at radius 2 is 2.00 bits per heavy atom. The highest BCUT2D eigenvalue weighted by atomic mass is 16.4. The Morgan fingerprint density at radius 3 is 2.53 bits per heavy atom. The number of hydrogen-bond acceptors (Lipinski definition) is 2. The van der Waals surface area contributed by atoms with E-state index in [9.17, 15) is 4.79 Å². The van der Waals surface area contributed by atoms with Crippen LogP contribution in [0, 0.1) is 0 Å². The summed E-state index contributed by atoms with van der Waals surface area (Å²) in [5, 5.41) is 8.51. The molecule has 0 saturated heterocycles. The minimum atomic E-state index is -0.920. The predicted molar refractivity (Wildman–Crippen MR) is 69.7 cm³/mol. The van der Waals surface area contributed by atoms with Crippen molar-refractivity contribution in [2.45, 2.75) is 19.9 Å². The first-order chi connectivity index (χ1) is 8.11. The van der Waals surface area contributed by atoms with E-state index < -0.39 is 5.97 Å². The van der Waals surface area contributed by atoms with Gasteiger partial charge in [-0.15, -0.1) is 0 Å². The molecule has 1 aromatic carbocycles. The van der Waals surface area contributed by atoms with E-state index in [0.29, 0.717) is 0 Å². The molecule has 0 heterocycles. The molecule has 0 aliphatic carbocycles. The Balaban J connectivity index is 2.58. The van der Waals surface area contributed by atoms with E-state index in [1.54, 1.807) is 6.08 Å². The lowest BCUT2D eigenvalue weighted by atomic mass is 10.1. The van der Waals surface area contributed by atoms with Crippen molar-refractivity contribution < 1.29 is 9.90 Å². The fourth-order valence-corrected chi connectivity index (χ4v) is 1.67. The standard InChI is InChI=1S/C14H19NO2/c1-3-10-15(2)11-13-6-4-12(5-7-13)8-9-14(16)17/h4-9H,3,10-11H2,1-2H3,(H,16,17)/b9-8+. The zero-order valence-electron chi connectivity index (χ0n) is 10.4. The van der Waals surface area contributed by atoms with Gasteiger partial charge in [0.05, 0.1) is 0 Å². The van der Waals surface area contributed by atoms with Crippen molar-refractivity contribution in [3.05, 3.63) is 41.5 Å². The highest BCUT2D eigenvalue weighted by Crippen LogP contribution is 2.08. The molecule has 0 aromatic heterocycles. The largest absolute Gasteiger partial charge is 0.478 e. The van der Waals surface area contributed by atoms with Crippen LogP contribution in [0.1, 0.15) is 24.5 Å². The van der Waals surface area contributed by atoms with Crippen molar-refractivity contribution in [2.75, 3.05) is 13.6 Å². The first-order valence-electron chi connectivity index (χ1n) is 5.80. The molecule has 1 N–H and O–H groups in total. The third kappa shape index (κ3) is 5.31. The van der Waals surface area contributed by atoms with Crippen molar-refractivity contribution in [1.29, 1.82) is 0 Å². The second kappa shape index (κ2) is 6.86. The van der Waals surface area contributed by atoms with Crippen LogP contribution >= 0.6 is 0 Å². The van der Waals surface area contributed by atoms with E-state index >= 15 is 0 Å². The molecule has 0 amide bonds. The smallest absolute Gasteiger partial charge is 0.328 e. The first-order valence-corrected chi connectivity index (χ1v) is 5.80. The molecule has 17 heavy (non-hydrogen) atoms. The van der Waals surface area contributed by atoms with Crippen LogP contribution in [0.15, 0.2) is 30.3 Å². The van der Waals surface area contributed by atoms with Crippen LogP contribution in [0.25, 0.3) is 6.08 Å². The third-order valence-electron chi connectivity index (χ3n) is 2.46. The van der Waals surface area contributed by atoms with E-state index in [1.165, 1.54) is 5.56 Å². The summed E-state index contributed by atoms with van der Waals surface area (Å²) in [7, 11) is 2.10. The summed E-state index contributed by atoms with van der Waals surface area (Å²) >= 11 is 0. The number of rotatable bonds is 6. The number of hydrogen-bond donors (Lipinski definition) is 1. The molecule has 0 unspecified atom stereocenters. The third-order valence-corrected chi connectivity index (χ3v) is 2.46. The molecule has 0 aliphatic heterocycles. The topological polar surface area (TPSA) is 40.5 Å². The lowest BCUT2D eigenvalue weighted by Crippen LogP contribution is -2.18. The lowest BCUT2D eigenvalue weighted by molar-refractivity contribution is -0.131. The van der Waals surface area contributed by atoms with Gasteiger partial charge in [-0.05, 0) is 37.2 Å². The number of nitrogens with zero attached hydrogens (tertiary/aromatic N) is 1. The van der Waals surface area contributed by atoms with Crippen LogP contribution in [-0.2, 0) is 11.3 Å². The van der Waals surface area contributed by atoms with Gasteiger partial charge in [0.15, 0.2) is 0 Å². The average molecular weight is 233 g/mol. The van der Waals surface area contributed by atoms with Gasteiger partial charge in [0.2, 0.25) is 0 Å². The summed E-state index contributed by atoms with van der Waals surface area (Å²) in [6.07, 6.45) is 3.90. The van der Waals surface area contributed by atoms with Gasteiger partial charge in [-0.25, -0.2) is 4.79 Å². The molecule has 1 aromatic rings. The van der Waals surface area contributed by atoms with Crippen molar-refractivity contribution in [1.82, 2.24) is 4.90 Å². The first kappa shape index (κ1) is 13.5. The maximum Gasteiger partial charge on any atom is 0.328 e. The molecule has 0 radical (unpaired) electrons. The van der Waals surface area contributed by atoms with Crippen LogP contribution in [0.4, 0.5) is 0 Å². The summed E-state index contributed by atoms with van der Waals surface area (Å²) in [5.74, 6) is -0.920. The van der Waals surface area contributed by atoms with Crippen molar-refractivity contribution in [3.8, 4) is 0 Å². The Bertz CT molecular complexity index is 382. The van der Waals surface area contributed by atoms with Crippen molar-refractivity contribution in [2.24, 2.45) is 0 Å². The maximum absolute atomic E-state index is 10.4. The molecular weight excluding hydrogens is 214 g/mol. The van der Waals surface area contributed by atoms with Gasteiger partial charge in [-0.1, -0.05) is 31.2 Å². The van der Waals surface area contributed by atoms with Gasteiger partial charge in [-0.2, -0.15) is 0 Å². The Labute approximate surface area is 102 Å². The van der Waals surface area contributed by atoms with Crippen molar-refractivity contribution in [3.63, 3.8) is 0 Å². The minimum Gasteiger partial charge on any atom is -0.478 e. The molecule has 0 bridgehead atoms. The van der Waals surface area contributed by atoms with Crippen LogP contribution < -0.4 is 0 Å². The molecule has 3 heteroatoms. The van der Waals surface area contributed by atoms with Gasteiger partial charge >= 0.3 is 5.97 Å². The molecule has 0 fully saturated rings. The van der Waals surface area contributed by atoms with Crippen LogP contribution in [0.5, 0.6) is 0 Å². The van der Waals surface area contributed by atoms with E-state index in [4.69, 9.17) is 5.11 Å². The summed E-state index contributed by atoms with van der Waals surface area (Å²) in [6.45, 7) is 4.17. The summed E-state index contributed by atoms with van der Waals surface area (Å²) in [6, 6.07) is 7.95. The van der Waals surface area contributed by atoms with Crippen molar-refractivity contribution >= 4 is 12.0 Å². The summed E-state index contributed by atoms with van der Waals surface area (Å²) in [5.41, 5.74) is 2.16. The van der Waals surface area contributed by atoms with Crippen LogP contribution in [0.2, 0.25) is 0 Å². The van der Waals surface area contributed by atoms with E-state index in [0.717, 1.165) is 31.1 Å². The van der Waals surface area contributed by atoms with E-state index in [1.807, 2.05) is 24.3 Å². The summed E-state index contributed by atoms with van der Waals surface area (Å²) in [4.78, 5) is 12.6. The molecule has 0 aliphatic rings. The minimum absolute atomic E-state index is 0.911. The molecule has 3 nitrogen and oxygen atoms in total. The highest BCUT2D eigenvalue weighted by Gasteiger charge is 1.98. The second-order valence-corrected chi connectivity index (χ2v) is 4.15. The van der Waals surface area contributed by atoms with E-state index in [-0.39, 0.29) is 0 Å². The van der Waals surface area contributed by atoms with E-state index in [2.05, 4.69) is 18.9 Å². The predicted octanol–water partition coefficient (Wildman–Crippen LogP) is 2.63. The number of carbonyl (C=O) groups is 1. The molecule has 1 rings (SSSR count). The van der Waals surface area contributed by atoms with Crippen LogP contribution in [0.3, 0.4) is 0 Å². The fourth-order valence-electron chi connectivity index (χ4n) is 1.67. The Kier molecular flexibility index (Phi) is 5.43. The lowest BCUT2D eigenvalue weighted by Gasteiger charge is -2.15. The number of benzene rings is 1. The normalized spacial score (nSPS) is 11.2. The average Bonchev–Trinajstić information content (AvgIpc) is 2.28.